The summed E-state index contributed by atoms with van der Waals surface area (Å²) in [6, 6.07) is 0. The Labute approximate surface area is 205 Å². The van der Waals surface area contributed by atoms with E-state index in [1.54, 1.807) is 13.1 Å². The monoisotopic (exact) mass is 466 g/mol. The molecule has 0 fully saturated rings. The van der Waals surface area contributed by atoms with Gasteiger partial charge in [0.2, 0.25) is 8.32 Å². The fraction of sp³-hybridized carbons (Fsp3) is 1.00. The Kier molecular flexibility index (Phi) is 17.6. The third-order valence-corrected chi connectivity index (χ3v) is 7.79. The fourth-order valence-electron chi connectivity index (χ4n) is 1.06. The van der Waals surface area contributed by atoms with E-state index in [2.05, 4.69) is 57.5 Å². The van der Waals surface area contributed by atoms with Crippen LogP contribution in [0.1, 0.15) is 0 Å². The zero-order chi connectivity index (χ0) is 19.8. The predicted molar refractivity (Wildman–Crippen MR) is 115 cm³/mol. The number of hydrogen-bond acceptors (Lipinski definition) is 5. The van der Waals surface area contributed by atoms with Crippen molar-refractivity contribution in [2.24, 2.45) is 0 Å². The van der Waals surface area contributed by atoms with Gasteiger partial charge in [0.15, 0.2) is 8.32 Å². The molecule has 0 aromatic rings. The van der Waals surface area contributed by atoms with Gasteiger partial charge in [0.25, 0.3) is 8.48 Å². The molecule has 0 aliphatic carbocycles. The minimum atomic E-state index is -2.42. The summed E-state index contributed by atoms with van der Waals surface area (Å²) < 4.78 is 17.6. The van der Waals surface area contributed by atoms with E-state index in [-0.39, 0.29) is 60.2 Å². The summed E-state index contributed by atoms with van der Waals surface area (Å²) in [5, 5.41) is 3.11. The van der Waals surface area contributed by atoms with Crippen LogP contribution in [0.15, 0.2) is 0 Å². The number of nitrogens with one attached hydrogen (secondary N) is 1. The molecule has 25 heavy (non-hydrogen) atoms. The van der Waals surface area contributed by atoms with E-state index in [1.165, 1.54) is 0 Å². The van der Waals surface area contributed by atoms with E-state index in [0.29, 0.717) is 12.5 Å². The van der Waals surface area contributed by atoms with Crippen molar-refractivity contribution in [2.45, 2.75) is 78.6 Å². The van der Waals surface area contributed by atoms with Crippen LogP contribution in [0, 0.1) is 0 Å². The summed E-state index contributed by atoms with van der Waals surface area (Å²) in [6.07, 6.45) is 1.01. The topological polar surface area (TPSA) is 62.8 Å². The summed E-state index contributed by atoms with van der Waals surface area (Å²) >= 11 is 0. The molecule has 0 heterocycles. The molecule has 11 heteroatoms. The van der Waals surface area contributed by atoms with Crippen molar-refractivity contribution in [2.75, 3.05) is 12.5 Å². The van der Waals surface area contributed by atoms with Crippen molar-refractivity contribution in [1.29, 1.82) is 0 Å². The Bertz CT molecular complexity index is 314. The van der Waals surface area contributed by atoms with Gasteiger partial charge in [-0.25, -0.2) is 5.15 Å². The van der Waals surface area contributed by atoms with Gasteiger partial charge < -0.3 is 18.2 Å². The summed E-state index contributed by atoms with van der Waals surface area (Å²) in [6.45, 7) is 25.1. The van der Waals surface area contributed by atoms with Crippen LogP contribution in [0.2, 0.25) is 78.6 Å². The van der Waals surface area contributed by atoms with Gasteiger partial charge in [0.1, 0.15) is 0 Å². The van der Waals surface area contributed by atoms with Gasteiger partial charge in [-0.15, -0.1) is 0 Å². The van der Waals surface area contributed by atoms with Crippen LogP contribution in [0.25, 0.3) is 0 Å². The maximum Gasteiger partial charge on any atom is 1.00 e. The van der Waals surface area contributed by atoms with Crippen LogP contribution in [0.3, 0.4) is 0 Å². The number of rotatable bonds is 9. The smallest absolute Gasteiger partial charge is 0.857 e. The van der Waals surface area contributed by atoms with E-state index in [1.807, 2.05) is 13.1 Å². The van der Waals surface area contributed by atoms with Crippen molar-refractivity contribution < 1.29 is 69.6 Å². The van der Waals surface area contributed by atoms with Crippen LogP contribution in [-0.4, -0.2) is 54.7 Å². The van der Waals surface area contributed by atoms with Crippen LogP contribution < -0.4 is 61.3 Å². The molecule has 0 spiro atoms. The molecule has 0 aromatic carbocycles. The number of hydrogen-bond donors (Lipinski definition) is 1. The largest absolute Gasteiger partial charge is 1.00 e. The summed E-state index contributed by atoms with van der Waals surface area (Å²) in [5.41, 5.74) is 0. The van der Waals surface area contributed by atoms with Crippen molar-refractivity contribution in [1.82, 2.24) is 5.15 Å². The quantitative estimate of drug-likeness (QED) is 0.391. The van der Waals surface area contributed by atoms with E-state index in [4.69, 9.17) is 13.4 Å². The van der Waals surface area contributed by atoms with Crippen LogP contribution in [0.4, 0.5) is 0 Å². The molecular formula is C14H41KNO4Si5-. The van der Waals surface area contributed by atoms with Crippen LogP contribution >= 0.6 is 0 Å². The Morgan fingerprint density at radius 1 is 0.800 bits per heavy atom. The first-order valence-corrected chi connectivity index (χ1v) is 24.1. The second-order valence-electron chi connectivity index (χ2n) is 9.42. The van der Waals surface area contributed by atoms with Gasteiger partial charge in [-0.2, -0.15) is 19.6 Å². The maximum absolute atomic E-state index is 11.7. The minimum absolute atomic E-state index is 0. The molecule has 0 radical (unpaired) electrons. The first kappa shape index (κ1) is 32.2. The van der Waals surface area contributed by atoms with E-state index >= 15 is 0 Å². The zero-order valence-corrected chi connectivity index (χ0v) is 27.2. The second-order valence-corrected chi connectivity index (χ2v) is 28.3. The predicted octanol–water partition coefficient (Wildman–Crippen LogP) is 0.301. The van der Waals surface area contributed by atoms with E-state index in [9.17, 15) is 4.80 Å². The maximum atomic E-state index is 11.7. The van der Waals surface area contributed by atoms with Gasteiger partial charge in [0.05, 0.1) is 6.23 Å². The Balaban J connectivity index is -0.000000867. The summed E-state index contributed by atoms with van der Waals surface area (Å²) in [5.74, 6) is 0. The molecule has 1 N–H and O–H groups in total. The molecule has 0 amide bonds. The average Bonchev–Trinajstić information content (AvgIpc) is 2.30. The van der Waals surface area contributed by atoms with Gasteiger partial charge in [-0.05, 0) is 54.1 Å². The third kappa shape index (κ3) is 28.8. The Morgan fingerprint density at radius 3 is 1.52 bits per heavy atom. The summed E-state index contributed by atoms with van der Waals surface area (Å²) in [7, 11) is -7.87. The zero-order valence-electron chi connectivity index (χ0n) is 19.0. The second kappa shape index (κ2) is 13.7. The van der Waals surface area contributed by atoms with Gasteiger partial charge in [0, 0.05) is 6.23 Å². The normalized spacial score (nSPS) is 13.2. The van der Waals surface area contributed by atoms with Crippen LogP contribution in [0.5, 0.6) is 0 Å². The molecule has 0 saturated heterocycles. The van der Waals surface area contributed by atoms with Crippen molar-refractivity contribution in [3.05, 3.63) is 0 Å². The fourth-order valence-corrected chi connectivity index (χ4v) is 9.23. The summed E-state index contributed by atoms with van der Waals surface area (Å²) in [4.78, 5) is 11.7. The molecule has 0 unspecified atom stereocenters. The first-order chi connectivity index (χ1) is 10.4. The van der Waals surface area contributed by atoms with Crippen LogP contribution in [-0.2, 0) is 13.4 Å². The van der Waals surface area contributed by atoms with Gasteiger partial charge in [-0.1, -0.05) is 13.1 Å². The first-order valence-electron chi connectivity index (χ1n) is 8.56. The molecule has 0 rings (SSSR count). The molecule has 0 aliphatic rings. The molecule has 0 aliphatic heterocycles. The molecule has 0 saturated carbocycles. The van der Waals surface area contributed by atoms with E-state index < -0.39 is 33.4 Å². The van der Waals surface area contributed by atoms with Crippen molar-refractivity contribution in [3.8, 4) is 0 Å². The average molecular weight is 467 g/mol. The van der Waals surface area contributed by atoms with E-state index in [0.717, 1.165) is 0 Å². The molecular weight excluding hydrogens is 426 g/mol. The molecule has 148 valence electrons. The van der Waals surface area contributed by atoms with Crippen molar-refractivity contribution in [3.63, 3.8) is 0 Å². The molecule has 5 nitrogen and oxygen atoms in total. The standard InChI is InChI=1S/C11H32NO4Si4.C3H9Si.K/c1-17(2,3)14-11-19(6,7)16-12-20(8,9)15-10-18(4,5)13;1-4(2)3;/h12H,10-11H2,1-9H3;1-3H3;/q2*-1;+1. The van der Waals surface area contributed by atoms with Gasteiger partial charge in [-0.3, -0.25) is 8.80 Å². The Hall–Kier alpha value is 2.52. The van der Waals surface area contributed by atoms with Gasteiger partial charge >= 0.3 is 51.4 Å². The minimum Gasteiger partial charge on any atom is -0.857 e. The molecule has 0 atom stereocenters. The molecule has 0 aromatic heterocycles. The molecule has 0 bridgehead atoms. The van der Waals surface area contributed by atoms with Crippen molar-refractivity contribution >= 4 is 42.2 Å². The SMILES string of the molecule is C[Si-](C)C.C[Si](C)([O-])CO[Si](C)(C)NO[Si](C)(C)CO[Si](C)(C)C.[K+]. The Morgan fingerprint density at radius 2 is 1.20 bits per heavy atom. The third-order valence-electron chi connectivity index (χ3n) is 2.21.